The van der Waals surface area contributed by atoms with Crippen LogP contribution in [-0.2, 0) is 9.53 Å². The van der Waals surface area contributed by atoms with Gasteiger partial charge in [0, 0.05) is 18.0 Å². The second-order valence-electron chi connectivity index (χ2n) is 3.91. The van der Waals surface area contributed by atoms with E-state index in [4.69, 9.17) is 0 Å². The molecular weight excluding hydrogens is 259 g/mol. The van der Waals surface area contributed by atoms with Crippen molar-refractivity contribution in [3.05, 3.63) is 54.1 Å². The number of halogens is 1. The number of nitrogens with zero attached hydrogens (tertiary/aromatic N) is 2. The lowest BCUT2D eigenvalue weighted by Crippen LogP contribution is -2.03. The summed E-state index contributed by atoms with van der Waals surface area (Å²) in [6, 6.07) is 8.63. The number of hydrogen-bond donors (Lipinski definition) is 0. The van der Waals surface area contributed by atoms with Crippen LogP contribution in [0.15, 0.2) is 48.6 Å². The molecule has 0 bridgehead atoms. The number of esters is 1. The summed E-state index contributed by atoms with van der Waals surface area (Å²) in [6.45, 7) is 1.77. The molecule has 2 rings (SSSR count). The molecule has 0 aliphatic rings. The van der Waals surface area contributed by atoms with E-state index in [2.05, 4.69) is 14.7 Å². The van der Waals surface area contributed by atoms with E-state index in [-0.39, 0.29) is 6.61 Å². The molecule has 0 unspecified atom stereocenters. The number of carbonyl (C=O) groups is 1. The number of benzene rings is 1. The first-order chi connectivity index (χ1) is 9.70. The minimum atomic E-state index is -0.956. The highest BCUT2D eigenvalue weighted by Gasteiger charge is 2.09. The summed E-state index contributed by atoms with van der Waals surface area (Å²) in [6.07, 6.45) is 4.43. The number of ether oxygens (including phenoxy) is 1. The lowest BCUT2D eigenvalue weighted by Gasteiger charge is -2.01. The fraction of sp³-hybridized carbons (Fsp3) is 0.133. The smallest absolute Gasteiger partial charge is 0.367 e. The van der Waals surface area contributed by atoms with Crippen molar-refractivity contribution in [2.24, 2.45) is 0 Å². The van der Waals surface area contributed by atoms with Gasteiger partial charge in [0.2, 0.25) is 5.83 Å². The monoisotopic (exact) mass is 272 g/mol. The molecule has 0 saturated heterocycles. The summed E-state index contributed by atoms with van der Waals surface area (Å²) in [7, 11) is 0. The van der Waals surface area contributed by atoms with Crippen LogP contribution in [0, 0.1) is 0 Å². The van der Waals surface area contributed by atoms with Crippen molar-refractivity contribution in [1.82, 2.24) is 9.97 Å². The molecule has 0 atom stereocenters. The Morgan fingerprint density at radius 2 is 1.90 bits per heavy atom. The molecule has 0 N–H and O–H groups in total. The van der Waals surface area contributed by atoms with Crippen LogP contribution in [-0.4, -0.2) is 22.5 Å². The highest BCUT2D eigenvalue weighted by atomic mass is 19.1. The SMILES string of the molecule is CCOC(=O)C(F)=Cc1ccc(-c2ncccn2)cc1. The van der Waals surface area contributed by atoms with E-state index >= 15 is 0 Å². The molecular formula is C15H13FN2O2. The molecule has 5 heteroatoms. The summed E-state index contributed by atoms with van der Waals surface area (Å²) >= 11 is 0. The van der Waals surface area contributed by atoms with E-state index in [1.807, 2.05) is 0 Å². The number of carbonyl (C=O) groups excluding carboxylic acids is 1. The van der Waals surface area contributed by atoms with Gasteiger partial charge in [0.1, 0.15) is 0 Å². The van der Waals surface area contributed by atoms with Gasteiger partial charge in [0.05, 0.1) is 6.61 Å². The Morgan fingerprint density at radius 1 is 1.25 bits per heavy atom. The van der Waals surface area contributed by atoms with Gasteiger partial charge in [-0.25, -0.2) is 14.8 Å². The molecule has 2 aromatic rings. The van der Waals surface area contributed by atoms with Gasteiger partial charge in [-0.3, -0.25) is 0 Å². The van der Waals surface area contributed by atoms with Crippen molar-refractivity contribution in [1.29, 1.82) is 0 Å². The highest BCUT2D eigenvalue weighted by molar-refractivity contribution is 5.91. The zero-order chi connectivity index (χ0) is 14.4. The van der Waals surface area contributed by atoms with Crippen LogP contribution in [0.3, 0.4) is 0 Å². The molecule has 0 aliphatic heterocycles. The number of rotatable bonds is 4. The number of aromatic nitrogens is 2. The zero-order valence-corrected chi connectivity index (χ0v) is 10.9. The van der Waals surface area contributed by atoms with Crippen molar-refractivity contribution in [2.45, 2.75) is 6.92 Å². The van der Waals surface area contributed by atoms with Crippen LogP contribution in [0.5, 0.6) is 0 Å². The van der Waals surface area contributed by atoms with E-state index in [0.29, 0.717) is 11.4 Å². The molecule has 0 amide bonds. The number of hydrogen-bond acceptors (Lipinski definition) is 4. The Balaban J connectivity index is 2.17. The summed E-state index contributed by atoms with van der Waals surface area (Å²) < 4.78 is 18.0. The molecule has 0 saturated carbocycles. The van der Waals surface area contributed by atoms with E-state index in [1.165, 1.54) is 0 Å². The summed E-state index contributed by atoms with van der Waals surface area (Å²) in [5.74, 6) is -1.28. The first-order valence-corrected chi connectivity index (χ1v) is 6.12. The predicted octanol–water partition coefficient (Wildman–Crippen LogP) is 3.02. The molecule has 102 valence electrons. The molecule has 1 aromatic heterocycles. The van der Waals surface area contributed by atoms with Gasteiger partial charge in [-0.2, -0.15) is 4.39 Å². The van der Waals surface area contributed by atoms with Crippen LogP contribution in [0.4, 0.5) is 4.39 Å². The molecule has 20 heavy (non-hydrogen) atoms. The maximum Gasteiger partial charge on any atom is 0.367 e. The lowest BCUT2D eigenvalue weighted by molar-refractivity contribution is -0.140. The third-order valence-electron chi connectivity index (χ3n) is 2.50. The molecule has 0 aliphatic carbocycles. The Bertz CT molecular complexity index is 610. The third-order valence-corrected chi connectivity index (χ3v) is 2.50. The molecule has 4 nitrogen and oxygen atoms in total. The van der Waals surface area contributed by atoms with Crippen molar-refractivity contribution < 1.29 is 13.9 Å². The molecule has 0 spiro atoms. The topological polar surface area (TPSA) is 52.1 Å². The predicted molar refractivity (Wildman–Crippen MR) is 73.2 cm³/mol. The van der Waals surface area contributed by atoms with Gasteiger partial charge >= 0.3 is 5.97 Å². The second kappa shape index (κ2) is 6.56. The third kappa shape index (κ3) is 3.47. The fourth-order valence-electron chi connectivity index (χ4n) is 1.58. The van der Waals surface area contributed by atoms with Gasteiger partial charge in [-0.15, -0.1) is 0 Å². The zero-order valence-electron chi connectivity index (χ0n) is 10.9. The first kappa shape index (κ1) is 13.9. The second-order valence-corrected chi connectivity index (χ2v) is 3.91. The minimum absolute atomic E-state index is 0.143. The Kier molecular flexibility index (Phi) is 4.55. The standard InChI is InChI=1S/C15H13FN2O2/c1-2-20-15(19)13(16)10-11-4-6-12(7-5-11)14-17-8-3-9-18-14/h3-10H,2H2,1H3. The van der Waals surface area contributed by atoms with Gasteiger partial charge in [0.15, 0.2) is 5.82 Å². The van der Waals surface area contributed by atoms with Gasteiger partial charge in [0.25, 0.3) is 0 Å². The van der Waals surface area contributed by atoms with Crippen molar-refractivity contribution in [3.63, 3.8) is 0 Å². The van der Waals surface area contributed by atoms with E-state index in [1.54, 1.807) is 49.6 Å². The average molecular weight is 272 g/mol. The van der Waals surface area contributed by atoms with Crippen molar-refractivity contribution in [3.8, 4) is 11.4 Å². The molecule has 1 heterocycles. The van der Waals surface area contributed by atoms with E-state index in [9.17, 15) is 9.18 Å². The van der Waals surface area contributed by atoms with Gasteiger partial charge in [-0.05, 0) is 24.6 Å². The summed E-state index contributed by atoms with van der Waals surface area (Å²) in [5, 5.41) is 0. The normalized spacial score (nSPS) is 11.2. The first-order valence-electron chi connectivity index (χ1n) is 6.12. The average Bonchev–Trinajstić information content (AvgIpc) is 2.49. The van der Waals surface area contributed by atoms with E-state index in [0.717, 1.165) is 11.6 Å². The van der Waals surface area contributed by atoms with Crippen LogP contribution in [0.1, 0.15) is 12.5 Å². The summed E-state index contributed by atoms with van der Waals surface area (Å²) in [4.78, 5) is 19.4. The maximum atomic E-state index is 13.5. The largest absolute Gasteiger partial charge is 0.461 e. The Labute approximate surface area is 116 Å². The highest BCUT2D eigenvalue weighted by Crippen LogP contribution is 2.17. The molecule has 1 aromatic carbocycles. The van der Waals surface area contributed by atoms with Crippen LogP contribution >= 0.6 is 0 Å². The maximum absolute atomic E-state index is 13.5. The van der Waals surface area contributed by atoms with E-state index < -0.39 is 11.8 Å². The minimum Gasteiger partial charge on any atom is -0.461 e. The fourth-order valence-corrected chi connectivity index (χ4v) is 1.58. The molecule has 0 fully saturated rings. The van der Waals surface area contributed by atoms with Crippen LogP contribution in [0.25, 0.3) is 17.5 Å². The van der Waals surface area contributed by atoms with Crippen molar-refractivity contribution in [2.75, 3.05) is 6.61 Å². The lowest BCUT2D eigenvalue weighted by atomic mass is 10.1. The van der Waals surface area contributed by atoms with Crippen LogP contribution < -0.4 is 0 Å². The van der Waals surface area contributed by atoms with Gasteiger partial charge < -0.3 is 4.74 Å². The molecule has 0 radical (unpaired) electrons. The van der Waals surface area contributed by atoms with Gasteiger partial charge in [-0.1, -0.05) is 24.3 Å². The quantitative estimate of drug-likeness (QED) is 0.634. The van der Waals surface area contributed by atoms with Crippen molar-refractivity contribution >= 4 is 12.0 Å². The Morgan fingerprint density at radius 3 is 2.50 bits per heavy atom. The Hall–Kier alpha value is -2.56. The van der Waals surface area contributed by atoms with Crippen LogP contribution in [0.2, 0.25) is 0 Å². The summed E-state index contributed by atoms with van der Waals surface area (Å²) in [5.41, 5.74) is 1.38.